The van der Waals surface area contributed by atoms with Crippen molar-refractivity contribution in [1.82, 2.24) is 44.9 Å². The van der Waals surface area contributed by atoms with Gasteiger partial charge in [-0.1, -0.05) is 50.1 Å². The Bertz CT molecular complexity index is 1790. The molecular weight excluding hydrogens is 682 g/mol. The lowest BCUT2D eigenvalue weighted by molar-refractivity contribution is 0.612. The van der Waals surface area contributed by atoms with Crippen LogP contribution in [0.4, 0.5) is 47.6 Å². The summed E-state index contributed by atoms with van der Waals surface area (Å²) in [6.45, 7) is 12.3. The molecule has 10 heterocycles. The molecule has 17 nitrogen and oxygen atoms in total. The van der Waals surface area contributed by atoms with Gasteiger partial charge in [-0.3, -0.25) is 0 Å². The molecule has 0 radical (unpaired) electrons. The first kappa shape index (κ1) is 34.0. The fraction of sp³-hybridized carbons (Fsp3) is 0.559. The lowest BCUT2D eigenvalue weighted by Crippen LogP contribution is -2.49. The van der Waals surface area contributed by atoms with Crippen LogP contribution in [-0.2, 0) is 6.42 Å². The molecule has 18 heteroatoms. The minimum atomic E-state index is 0.191. The van der Waals surface area contributed by atoms with Crippen LogP contribution >= 0.6 is 11.6 Å². The molecule has 52 heavy (non-hydrogen) atoms. The van der Waals surface area contributed by atoms with Crippen molar-refractivity contribution < 1.29 is 0 Å². The maximum absolute atomic E-state index is 6.51. The molecule has 0 aliphatic carbocycles. The summed E-state index contributed by atoms with van der Waals surface area (Å²) in [7, 11) is 0. The van der Waals surface area contributed by atoms with Crippen LogP contribution in [-0.4, -0.2) is 136 Å². The molecule has 2 N–H and O–H groups in total. The summed E-state index contributed by atoms with van der Waals surface area (Å²) in [6.07, 6.45) is 4.24. The van der Waals surface area contributed by atoms with Gasteiger partial charge >= 0.3 is 0 Å². The van der Waals surface area contributed by atoms with Crippen molar-refractivity contribution in [3.63, 3.8) is 0 Å². The molecule has 3 aromatic heterocycles. The van der Waals surface area contributed by atoms with Crippen molar-refractivity contribution in [2.45, 2.75) is 32.6 Å². The third-order valence-corrected chi connectivity index (χ3v) is 10.1. The van der Waals surface area contributed by atoms with Gasteiger partial charge in [-0.15, -0.1) is 0 Å². The second kappa shape index (κ2) is 15.7. The number of fused-ring (bicyclic) bond motifs is 3. The van der Waals surface area contributed by atoms with Gasteiger partial charge in [0.25, 0.3) is 0 Å². The quantitative estimate of drug-likeness (QED) is 0.242. The number of hydrogen-bond acceptors (Lipinski definition) is 17. The Balaban J connectivity index is 1.10. The van der Waals surface area contributed by atoms with Gasteiger partial charge in [0.2, 0.25) is 52.9 Å². The maximum Gasteiger partial charge on any atom is 0.232 e. The Kier molecular flexibility index (Phi) is 10.3. The van der Waals surface area contributed by atoms with Crippen LogP contribution < -0.4 is 40.0 Å². The van der Waals surface area contributed by atoms with E-state index in [0.29, 0.717) is 106 Å². The monoisotopic (exact) mass is 727 g/mol. The van der Waals surface area contributed by atoms with Crippen LogP contribution in [0.15, 0.2) is 30.3 Å². The van der Waals surface area contributed by atoms with Crippen molar-refractivity contribution >= 4 is 59.2 Å². The molecule has 3 fully saturated rings. The molecule has 4 aromatic rings. The first-order valence-corrected chi connectivity index (χ1v) is 18.9. The van der Waals surface area contributed by atoms with Gasteiger partial charge in [-0.2, -0.15) is 44.9 Å². The normalized spacial score (nSPS) is 17.1. The van der Waals surface area contributed by atoms with Crippen LogP contribution in [0, 0.1) is 0 Å². The zero-order chi connectivity index (χ0) is 35.3. The van der Waals surface area contributed by atoms with E-state index < -0.39 is 0 Å². The number of nitrogens with one attached hydrogen (secondary N) is 2. The number of rotatable bonds is 9. The molecule has 7 aliphatic rings. The molecule has 11 rings (SSSR count). The number of aromatic nitrogens is 9. The Morgan fingerprint density at radius 3 is 1.23 bits per heavy atom. The number of nitrogens with zero attached hydrogens (tertiary/aromatic N) is 15. The zero-order valence-corrected chi connectivity index (χ0v) is 30.5. The molecule has 0 saturated carbocycles. The van der Waals surface area contributed by atoms with Gasteiger partial charge in [0.1, 0.15) is 0 Å². The molecule has 7 aliphatic heterocycles. The third-order valence-electron chi connectivity index (χ3n) is 9.95. The van der Waals surface area contributed by atoms with Crippen LogP contribution in [0.5, 0.6) is 0 Å². The van der Waals surface area contributed by atoms with E-state index in [9.17, 15) is 0 Å². The number of unbranched alkanes of at least 4 members (excludes halogenated alkanes) is 2. The Morgan fingerprint density at radius 2 is 0.846 bits per heavy atom. The van der Waals surface area contributed by atoms with E-state index in [2.05, 4.69) is 81.2 Å². The van der Waals surface area contributed by atoms with Crippen molar-refractivity contribution in [2.75, 3.05) is 132 Å². The standard InChI is InChI=1S/C34H46ClN17/c1-2-3-7-11-36-27-40-31-45-32(41-27)51-21-23-52(24-22-51)34-43-28(37-12-10-25-8-5-4-6-9-25)42-33(46-34)50-19-15-48(16-20-50)30-39-26(35)38-29(44-30)47-13-17-49(31)18-14-47/h4-6,8-9H,2-3,7,10-24H2,1H3,(H,36,40,41,45)(H,37,42,43,46). The fourth-order valence-corrected chi connectivity index (χ4v) is 7.05. The minimum Gasteiger partial charge on any atom is -0.354 e. The summed E-state index contributed by atoms with van der Waals surface area (Å²) in [6, 6.07) is 10.4. The van der Waals surface area contributed by atoms with E-state index in [1.807, 2.05) is 6.07 Å². The first-order chi connectivity index (χ1) is 25.6. The van der Waals surface area contributed by atoms with E-state index in [4.69, 9.17) is 46.5 Å². The topological polar surface area (TPSA) is 160 Å². The number of anilines is 8. The Labute approximate surface area is 308 Å². The largest absolute Gasteiger partial charge is 0.354 e. The molecule has 0 atom stereocenters. The molecule has 0 spiro atoms. The number of halogens is 1. The van der Waals surface area contributed by atoms with Crippen molar-refractivity contribution in [3.05, 3.63) is 41.2 Å². The highest BCUT2D eigenvalue weighted by Gasteiger charge is 2.29. The molecule has 0 amide bonds. The predicted molar refractivity (Wildman–Crippen MR) is 204 cm³/mol. The summed E-state index contributed by atoms with van der Waals surface area (Å²) in [4.78, 5) is 56.9. The average molecular weight is 728 g/mol. The lowest BCUT2D eigenvalue weighted by Gasteiger charge is -2.36. The average Bonchev–Trinajstić information content (AvgIpc) is 3.19. The van der Waals surface area contributed by atoms with Gasteiger partial charge in [0.15, 0.2) is 0 Å². The molecule has 12 bridgehead atoms. The van der Waals surface area contributed by atoms with Crippen LogP contribution in [0.25, 0.3) is 0 Å². The first-order valence-electron chi connectivity index (χ1n) is 18.5. The van der Waals surface area contributed by atoms with E-state index in [1.54, 1.807) is 0 Å². The van der Waals surface area contributed by atoms with Crippen molar-refractivity contribution in [3.8, 4) is 0 Å². The highest BCUT2D eigenvalue weighted by Crippen LogP contribution is 2.26. The molecule has 1 aromatic carbocycles. The lowest BCUT2D eigenvalue weighted by atomic mass is 10.1. The third kappa shape index (κ3) is 7.88. The SMILES string of the molecule is CCCCCNc1nc2nc(n1)N1CCN(CC1)c1nc(NCCc3ccccc3)nc(n1)N1CCN(CC1)c1nc(Cl)nc(n1)N1CCN2CC1. The molecule has 274 valence electrons. The number of piperazine rings is 3. The fourth-order valence-electron chi connectivity index (χ4n) is 6.90. The minimum absolute atomic E-state index is 0.191. The smallest absolute Gasteiger partial charge is 0.232 e. The highest BCUT2D eigenvalue weighted by atomic mass is 35.5. The number of benzene rings is 1. The zero-order valence-electron chi connectivity index (χ0n) is 29.7. The molecule has 3 saturated heterocycles. The van der Waals surface area contributed by atoms with Crippen LogP contribution in [0.2, 0.25) is 5.28 Å². The highest BCUT2D eigenvalue weighted by molar-refractivity contribution is 6.28. The van der Waals surface area contributed by atoms with Gasteiger partial charge in [0, 0.05) is 91.6 Å². The van der Waals surface area contributed by atoms with E-state index in [0.717, 1.165) is 58.4 Å². The number of hydrogen-bond donors (Lipinski definition) is 2. The maximum atomic E-state index is 6.51. The summed E-state index contributed by atoms with van der Waals surface area (Å²) in [5.74, 6) is 5.04. The van der Waals surface area contributed by atoms with E-state index in [-0.39, 0.29) is 5.28 Å². The summed E-state index contributed by atoms with van der Waals surface area (Å²) in [5, 5.41) is 7.14. The van der Waals surface area contributed by atoms with Gasteiger partial charge in [-0.05, 0) is 30.0 Å². The van der Waals surface area contributed by atoms with Gasteiger partial charge < -0.3 is 40.0 Å². The van der Waals surface area contributed by atoms with Crippen LogP contribution in [0.3, 0.4) is 0 Å². The van der Waals surface area contributed by atoms with E-state index >= 15 is 0 Å². The summed E-state index contributed by atoms with van der Waals surface area (Å²) in [5.41, 5.74) is 1.26. The Morgan fingerprint density at radius 1 is 0.481 bits per heavy atom. The predicted octanol–water partition coefficient (Wildman–Crippen LogP) is 2.44. The second-order valence-corrected chi connectivity index (χ2v) is 13.8. The molecule has 0 unspecified atom stereocenters. The van der Waals surface area contributed by atoms with Gasteiger partial charge in [-0.25, -0.2) is 0 Å². The molecular formula is C34H46ClN17. The van der Waals surface area contributed by atoms with Crippen molar-refractivity contribution in [2.24, 2.45) is 0 Å². The van der Waals surface area contributed by atoms with E-state index in [1.165, 1.54) is 5.56 Å². The van der Waals surface area contributed by atoms with Crippen LogP contribution in [0.1, 0.15) is 31.7 Å². The second-order valence-electron chi connectivity index (χ2n) is 13.4. The Hall–Kier alpha value is -5.06. The summed E-state index contributed by atoms with van der Waals surface area (Å²) >= 11 is 6.51. The van der Waals surface area contributed by atoms with Gasteiger partial charge in [0.05, 0.1) is 0 Å². The summed E-state index contributed by atoms with van der Waals surface area (Å²) < 4.78 is 0. The van der Waals surface area contributed by atoms with Crippen molar-refractivity contribution in [1.29, 1.82) is 0 Å².